The van der Waals surface area contributed by atoms with Gasteiger partial charge >= 0.3 is 12.1 Å². The van der Waals surface area contributed by atoms with Crippen LogP contribution in [0.3, 0.4) is 0 Å². The number of nitrogens with zero attached hydrogens (tertiary/aromatic N) is 2. The molecule has 1 unspecified atom stereocenters. The van der Waals surface area contributed by atoms with Gasteiger partial charge in [0.2, 0.25) is 0 Å². The zero-order chi connectivity index (χ0) is 17.0. The molecule has 0 spiro atoms. The van der Waals surface area contributed by atoms with Crippen molar-refractivity contribution in [2.45, 2.75) is 32.4 Å². The van der Waals surface area contributed by atoms with Gasteiger partial charge in [-0.05, 0) is 32.9 Å². The second kappa shape index (κ2) is 6.51. The van der Waals surface area contributed by atoms with Crippen LogP contribution in [-0.4, -0.2) is 32.6 Å². The summed E-state index contributed by atoms with van der Waals surface area (Å²) in [6.07, 6.45) is 2.17. The van der Waals surface area contributed by atoms with Gasteiger partial charge in [-0.25, -0.2) is 14.3 Å². The molecule has 2 N–H and O–H groups in total. The van der Waals surface area contributed by atoms with Gasteiger partial charge in [-0.15, -0.1) is 0 Å². The maximum absolute atomic E-state index is 11.8. The van der Waals surface area contributed by atoms with Crippen LogP contribution in [0.5, 0.6) is 0 Å². The highest BCUT2D eigenvalue weighted by Gasteiger charge is 2.26. The molecule has 0 aliphatic carbocycles. The van der Waals surface area contributed by atoms with Crippen molar-refractivity contribution in [3.8, 4) is 5.69 Å². The van der Waals surface area contributed by atoms with Crippen molar-refractivity contribution in [2.24, 2.45) is 0 Å². The number of para-hydroxylation sites is 1. The van der Waals surface area contributed by atoms with Crippen LogP contribution in [0.4, 0.5) is 4.79 Å². The summed E-state index contributed by atoms with van der Waals surface area (Å²) in [7, 11) is 0. The number of carboxylic acid groups (broad SMARTS) is 1. The first-order valence-corrected chi connectivity index (χ1v) is 7.08. The minimum Gasteiger partial charge on any atom is -0.479 e. The third-order valence-corrected chi connectivity index (χ3v) is 2.86. The van der Waals surface area contributed by atoms with Crippen LogP contribution < -0.4 is 5.32 Å². The number of hydrogen-bond acceptors (Lipinski definition) is 4. The lowest BCUT2D eigenvalue weighted by atomic mass is 10.1. The fourth-order valence-corrected chi connectivity index (χ4v) is 1.92. The Morgan fingerprint density at radius 3 is 2.48 bits per heavy atom. The number of aromatic nitrogens is 2. The van der Waals surface area contributed by atoms with Crippen LogP contribution in [0.2, 0.25) is 0 Å². The number of aliphatic carboxylic acids is 1. The normalized spacial score (nSPS) is 12.5. The van der Waals surface area contributed by atoms with E-state index in [1.54, 1.807) is 31.6 Å². The molecular formula is C16H19N3O4. The third-order valence-electron chi connectivity index (χ3n) is 2.86. The molecule has 7 heteroatoms. The van der Waals surface area contributed by atoms with Crippen molar-refractivity contribution in [2.75, 3.05) is 0 Å². The average molecular weight is 317 g/mol. The minimum absolute atomic E-state index is 0.354. The molecule has 1 heterocycles. The first-order valence-electron chi connectivity index (χ1n) is 7.08. The molecule has 1 aromatic carbocycles. The number of hydrogen-bond donors (Lipinski definition) is 2. The largest absolute Gasteiger partial charge is 0.479 e. The Labute approximate surface area is 133 Å². The standard InChI is InChI=1S/C16H19N3O4/c1-16(2,3)23-15(22)18-13(14(20)21)11-9-17-19(10-11)12-7-5-4-6-8-12/h4-10,13H,1-3H3,(H,18,22)(H,20,21). The predicted octanol–water partition coefficient (Wildman–Crippen LogP) is 2.52. The smallest absolute Gasteiger partial charge is 0.408 e. The number of amides is 1. The molecule has 0 radical (unpaired) electrons. The van der Waals surface area contributed by atoms with Crippen LogP contribution >= 0.6 is 0 Å². The maximum Gasteiger partial charge on any atom is 0.408 e. The third kappa shape index (κ3) is 4.57. The van der Waals surface area contributed by atoms with Crippen molar-refractivity contribution in [1.82, 2.24) is 15.1 Å². The first kappa shape index (κ1) is 16.5. The van der Waals surface area contributed by atoms with Gasteiger partial charge < -0.3 is 15.2 Å². The Morgan fingerprint density at radius 2 is 1.91 bits per heavy atom. The summed E-state index contributed by atoms with van der Waals surface area (Å²) in [6.45, 7) is 5.11. The lowest BCUT2D eigenvalue weighted by Gasteiger charge is -2.21. The van der Waals surface area contributed by atoms with E-state index in [0.717, 1.165) is 5.69 Å². The van der Waals surface area contributed by atoms with Gasteiger partial charge in [-0.3, -0.25) is 0 Å². The Hall–Kier alpha value is -2.83. The van der Waals surface area contributed by atoms with Crippen LogP contribution in [0.1, 0.15) is 32.4 Å². The van der Waals surface area contributed by atoms with Crippen molar-refractivity contribution in [1.29, 1.82) is 0 Å². The number of carbonyl (C=O) groups is 2. The molecule has 1 aromatic heterocycles. The molecule has 0 bridgehead atoms. The molecule has 2 rings (SSSR count). The fourth-order valence-electron chi connectivity index (χ4n) is 1.92. The Bertz CT molecular complexity index is 689. The number of carboxylic acids is 1. The fraction of sp³-hybridized carbons (Fsp3) is 0.312. The van der Waals surface area contributed by atoms with Crippen molar-refractivity contribution in [3.63, 3.8) is 0 Å². The number of carbonyl (C=O) groups excluding carboxylic acids is 1. The van der Waals surface area contributed by atoms with E-state index in [4.69, 9.17) is 4.74 Å². The summed E-state index contributed by atoms with van der Waals surface area (Å²) in [5.41, 5.74) is 0.439. The molecule has 0 aliphatic rings. The summed E-state index contributed by atoms with van der Waals surface area (Å²) in [5.74, 6) is -1.19. The van der Waals surface area contributed by atoms with E-state index in [1.807, 2.05) is 30.3 Å². The maximum atomic E-state index is 11.8. The summed E-state index contributed by atoms with van der Waals surface area (Å²) in [4.78, 5) is 23.2. The average Bonchev–Trinajstić information content (AvgIpc) is 2.93. The number of alkyl carbamates (subject to hydrolysis) is 1. The van der Waals surface area contributed by atoms with Gasteiger partial charge in [0.15, 0.2) is 6.04 Å². The van der Waals surface area contributed by atoms with Crippen LogP contribution in [-0.2, 0) is 9.53 Å². The van der Waals surface area contributed by atoms with Gasteiger partial charge in [-0.1, -0.05) is 18.2 Å². The van der Waals surface area contributed by atoms with Crippen LogP contribution in [0.25, 0.3) is 5.69 Å². The van der Waals surface area contributed by atoms with Gasteiger partial charge in [-0.2, -0.15) is 5.10 Å². The van der Waals surface area contributed by atoms with E-state index < -0.39 is 23.7 Å². The zero-order valence-corrected chi connectivity index (χ0v) is 13.2. The number of rotatable bonds is 4. The van der Waals surface area contributed by atoms with Gasteiger partial charge in [0.1, 0.15) is 5.60 Å². The van der Waals surface area contributed by atoms with E-state index in [9.17, 15) is 14.7 Å². The molecule has 0 saturated carbocycles. The Kier molecular flexibility index (Phi) is 4.68. The SMILES string of the molecule is CC(C)(C)OC(=O)NC(C(=O)O)c1cnn(-c2ccccc2)c1. The van der Waals surface area contributed by atoms with Crippen LogP contribution in [0.15, 0.2) is 42.7 Å². The van der Waals surface area contributed by atoms with E-state index in [-0.39, 0.29) is 0 Å². The summed E-state index contributed by atoms with van der Waals surface area (Å²) in [6, 6.07) is 8.02. The van der Waals surface area contributed by atoms with Gasteiger partial charge in [0.25, 0.3) is 0 Å². The molecule has 122 valence electrons. The van der Waals surface area contributed by atoms with E-state index in [2.05, 4.69) is 10.4 Å². The topological polar surface area (TPSA) is 93.4 Å². The van der Waals surface area contributed by atoms with Crippen molar-refractivity contribution in [3.05, 3.63) is 48.3 Å². The monoisotopic (exact) mass is 317 g/mol. The summed E-state index contributed by atoms with van der Waals surface area (Å²) < 4.78 is 6.63. The van der Waals surface area contributed by atoms with Crippen molar-refractivity contribution < 1.29 is 19.4 Å². The number of nitrogens with one attached hydrogen (secondary N) is 1. The van der Waals surface area contributed by atoms with E-state index in [0.29, 0.717) is 5.56 Å². The van der Waals surface area contributed by atoms with Gasteiger partial charge in [0, 0.05) is 11.8 Å². The highest BCUT2D eigenvalue weighted by Crippen LogP contribution is 2.16. The molecule has 23 heavy (non-hydrogen) atoms. The van der Waals surface area contributed by atoms with Crippen LogP contribution in [0, 0.1) is 0 Å². The highest BCUT2D eigenvalue weighted by molar-refractivity contribution is 5.81. The zero-order valence-electron chi connectivity index (χ0n) is 13.2. The molecule has 0 saturated heterocycles. The number of ether oxygens (including phenoxy) is 1. The number of benzene rings is 1. The molecule has 1 atom stereocenters. The molecule has 0 aliphatic heterocycles. The molecule has 0 fully saturated rings. The van der Waals surface area contributed by atoms with E-state index >= 15 is 0 Å². The Morgan fingerprint density at radius 1 is 1.26 bits per heavy atom. The summed E-state index contributed by atoms with van der Waals surface area (Å²) in [5, 5.41) is 15.8. The highest BCUT2D eigenvalue weighted by atomic mass is 16.6. The predicted molar refractivity (Wildman–Crippen MR) is 83.3 cm³/mol. The first-order chi connectivity index (χ1) is 10.8. The van der Waals surface area contributed by atoms with Crippen molar-refractivity contribution >= 4 is 12.1 Å². The summed E-state index contributed by atoms with van der Waals surface area (Å²) >= 11 is 0. The minimum atomic E-state index is -1.23. The molecule has 1 amide bonds. The quantitative estimate of drug-likeness (QED) is 0.903. The lowest BCUT2D eigenvalue weighted by molar-refractivity contribution is -0.139. The Balaban J connectivity index is 2.18. The van der Waals surface area contributed by atoms with Gasteiger partial charge in [0.05, 0.1) is 11.9 Å². The lowest BCUT2D eigenvalue weighted by Crippen LogP contribution is -2.37. The molecule has 2 aromatic rings. The molecule has 7 nitrogen and oxygen atoms in total. The second-order valence-electron chi connectivity index (χ2n) is 5.97. The van der Waals surface area contributed by atoms with E-state index in [1.165, 1.54) is 6.20 Å². The molecular weight excluding hydrogens is 298 g/mol. The second-order valence-corrected chi connectivity index (χ2v) is 5.97.